The summed E-state index contributed by atoms with van der Waals surface area (Å²) in [5.41, 5.74) is 0.266. The second kappa shape index (κ2) is 8.98. The Labute approximate surface area is 200 Å². The van der Waals surface area contributed by atoms with Gasteiger partial charge in [-0.15, -0.1) is 0 Å². The molecule has 10 heteroatoms. The van der Waals surface area contributed by atoms with Crippen molar-refractivity contribution in [3.8, 4) is 11.6 Å². The molecule has 7 nitrogen and oxygen atoms in total. The first kappa shape index (κ1) is 23.3. The van der Waals surface area contributed by atoms with Gasteiger partial charge in [0.1, 0.15) is 6.10 Å². The molecule has 3 aromatic rings. The molecule has 1 aromatic carbocycles. The van der Waals surface area contributed by atoms with E-state index in [0.29, 0.717) is 17.2 Å². The number of halogens is 3. The molecule has 1 aliphatic heterocycles. The number of likely N-dealkylation sites (tertiary alicyclic amines) is 1. The lowest BCUT2D eigenvalue weighted by Crippen LogP contribution is -2.52. The van der Waals surface area contributed by atoms with Gasteiger partial charge in [-0.3, -0.25) is 4.79 Å². The summed E-state index contributed by atoms with van der Waals surface area (Å²) in [5, 5.41) is 8.38. The van der Waals surface area contributed by atoms with Crippen molar-refractivity contribution in [3.63, 3.8) is 0 Å². The van der Waals surface area contributed by atoms with E-state index >= 15 is 0 Å². The average Bonchev–Trinajstić information content (AvgIpc) is 3.55. The quantitative estimate of drug-likeness (QED) is 0.503. The number of piperidine rings is 1. The normalized spacial score (nSPS) is 23.8. The summed E-state index contributed by atoms with van der Waals surface area (Å²) in [4.78, 5) is 21.2. The minimum atomic E-state index is -4.46. The number of ether oxygens (including phenoxy) is 1. The molecule has 0 N–H and O–H groups in total. The lowest BCUT2D eigenvalue weighted by Gasteiger charge is -2.40. The van der Waals surface area contributed by atoms with Gasteiger partial charge in [0.25, 0.3) is 5.91 Å². The number of pyridine rings is 1. The largest absolute Gasteiger partial charge is 0.472 e. The first-order valence-corrected chi connectivity index (χ1v) is 11.7. The van der Waals surface area contributed by atoms with E-state index < -0.39 is 11.7 Å². The van der Waals surface area contributed by atoms with E-state index in [1.807, 2.05) is 17.0 Å². The van der Waals surface area contributed by atoms with Crippen LogP contribution in [0, 0.1) is 11.8 Å². The highest BCUT2D eigenvalue weighted by molar-refractivity contribution is 5.98. The summed E-state index contributed by atoms with van der Waals surface area (Å²) in [6.07, 6.45) is 1.48. The smallest absolute Gasteiger partial charge is 0.417 e. The van der Waals surface area contributed by atoms with E-state index in [4.69, 9.17) is 4.74 Å². The molecule has 35 heavy (non-hydrogen) atoms. The Morgan fingerprint density at radius 1 is 1.11 bits per heavy atom. The van der Waals surface area contributed by atoms with E-state index in [0.717, 1.165) is 31.5 Å². The molecule has 1 saturated carbocycles. The van der Waals surface area contributed by atoms with Crippen LogP contribution in [-0.2, 0) is 6.18 Å². The summed E-state index contributed by atoms with van der Waals surface area (Å²) >= 11 is 0. The van der Waals surface area contributed by atoms with Gasteiger partial charge in [0, 0.05) is 18.3 Å². The van der Waals surface area contributed by atoms with Gasteiger partial charge in [0.05, 0.1) is 35.2 Å². The predicted molar refractivity (Wildman–Crippen MR) is 121 cm³/mol. The predicted octanol–water partition coefficient (Wildman–Crippen LogP) is 4.78. The Bertz CT molecular complexity index is 1180. The van der Waals surface area contributed by atoms with Gasteiger partial charge in [-0.05, 0) is 49.3 Å². The van der Waals surface area contributed by atoms with Gasteiger partial charge in [-0.1, -0.05) is 26.0 Å². The third-order valence-electron chi connectivity index (χ3n) is 6.82. The lowest BCUT2D eigenvalue weighted by molar-refractivity contribution is -0.137. The number of amides is 1. The van der Waals surface area contributed by atoms with E-state index in [9.17, 15) is 18.0 Å². The third kappa shape index (κ3) is 4.49. The van der Waals surface area contributed by atoms with Crippen LogP contribution in [0.25, 0.3) is 5.69 Å². The van der Waals surface area contributed by atoms with E-state index in [1.165, 1.54) is 10.9 Å². The minimum Gasteiger partial charge on any atom is -0.472 e. The van der Waals surface area contributed by atoms with Crippen LogP contribution < -0.4 is 4.74 Å². The molecular weight excluding hydrogens is 459 g/mol. The first-order valence-electron chi connectivity index (χ1n) is 11.7. The highest BCUT2D eigenvalue weighted by Crippen LogP contribution is 2.47. The maximum atomic E-state index is 14.0. The van der Waals surface area contributed by atoms with Crippen molar-refractivity contribution < 1.29 is 22.7 Å². The number of fused-ring (bicyclic) bond motifs is 2. The van der Waals surface area contributed by atoms with Crippen LogP contribution in [0.2, 0.25) is 0 Å². The number of carbonyl (C=O) groups is 1. The lowest BCUT2D eigenvalue weighted by atomic mass is 9.90. The summed E-state index contributed by atoms with van der Waals surface area (Å²) < 4.78 is 44.7. The van der Waals surface area contributed by atoms with Gasteiger partial charge in [0.15, 0.2) is 0 Å². The van der Waals surface area contributed by atoms with Crippen molar-refractivity contribution in [2.24, 2.45) is 11.8 Å². The summed E-state index contributed by atoms with van der Waals surface area (Å²) in [6.45, 7) is 4.27. The minimum absolute atomic E-state index is 0.0616. The number of alkyl halides is 3. The Kier molecular flexibility index (Phi) is 5.98. The molecule has 2 bridgehead atoms. The topological polar surface area (TPSA) is 73.1 Å². The monoisotopic (exact) mass is 485 g/mol. The van der Waals surface area contributed by atoms with Crippen molar-refractivity contribution in [2.45, 2.75) is 57.5 Å². The molecule has 4 atom stereocenters. The number of para-hydroxylation sites is 1. The number of hydrogen-bond acceptors (Lipinski definition) is 5. The van der Waals surface area contributed by atoms with Crippen molar-refractivity contribution in [3.05, 3.63) is 66.1 Å². The van der Waals surface area contributed by atoms with Crippen LogP contribution in [0.5, 0.6) is 5.88 Å². The van der Waals surface area contributed by atoms with Crippen molar-refractivity contribution >= 4 is 5.91 Å². The van der Waals surface area contributed by atoms with E-state index in [-0.39, 0.29) is 35.9 Å². The Morgan fingerprint density at radius 3 is 2.51 bits per heavy atom. The van der Waals surface area contributed by atoms with E-state index in [2.05, 4.69) is 29.0 Å². The second-order valence-corrected chi connectivity index (χ2v) is 9.58. The van der Waals surface area contributed by atoms with Gasteiger partial charge in [-0.2, -0.15) is 28.2 Å². The molecule has 2 aromatic heterocycles. The zero-order valence-electron chi connectivity index (χ0n) is 19.4. The Hall–Kier alpha value is -3.43. The van der Waals surface area contributed by atoms with Gasteiger partial charge >= 0.3 is 6.18 Å². The molecule has 184 valence electrons. The zero-order valence-corrected chi connectivity index (χ0v) is 19.4. The van der Waals surface area contributed by atoms with Crippen LogP contribution in [0.3, 0.4) is 0 Å². The van der Waals surface area contributed by atoms with Crippen LogP contribution in [0.4, 0.5) is 13.2 Å². The van der Waals surface area contributed by atoms with E-state index in [1.54, 1.807) is 24.5 Å². The summed E-state index contributed by atoms with van der Waals surface area (Å²) in [6, 6.07) is 9.29. The Morgan fingerprint density at radius 2 is 1.86 bits per heavy atom. The molecule has 1 aliphatic carbocycles. The molecule has 1 saturated heterocycles. The fraction of sp³-hybridized carbons (Fsp3) is 0.440. The van der Waals surface area contributed by atoms with Crippen molar-refractivity contribution in [1.29, 1.82) is 0 Å². The molecule has 0 spiro atoms. The summed E-state index contributed by atoms with van der Waals surface area (Å²) in [7, 11) is 0. The molecule has 0 radical (unpaired) electrons. The second-order valence-electron chi connectivity index (χ2n) is 9.58. The maximum Gasteiger partial charge on any atom is 0.417 e. The average molecular weight is 486 g/mol. The van der Waals surface area contributed by atoms with Gasteiger partial charge in [-0.25, -0.2) is 4.98 Å². The molecule has 5 rings (SSSR count). The molecule has 1 amide bonds. The van der Waals surface area contributed by atoms with Crippen LogP contribution >= 0.6 is 0 Å². The molecule has 2 aliphatic rings. The number of nitrogens with zero attached hydrogens (tertiary/aromatic N) is 5. The van der Waals surface area contributed by atoms with Crippen LogP contribution in [0.1, 0.15) is 49.0 Å². The Balaban J connectivity index is 1.42. The number of carbonyl (C=O) groups excluding carboxylic acids is 1. The summed E-state index contributed by atoms with van der Waals surface area (Å²) in [5.74, 6) is 0.656. The number of benzene rings is 1. The molecule has 3 heterocycles. The zero-order chi connectivity index (χ0) is 24.7. The standard InChI is InChI=1S/C25H26F3N5O2/c1-15(2)11-20-16-12-21(22(13-16)35-23-8-7-17(14-29-23)25(26,27)28)32(20)24(34)18-5-3-4-6-19(18)33-30-9-10-31-33/h3-10,14-16,20-22H,11-13H2,1-2H3/t16-,20-,21+,22-/m1/s1. The SMILES string of the molecule is CC(C)C[C@@H]1[C@H]2C[C@@H](Oc3ccc(C(F)(F)F)cn3)[C@H](C2)N1C(=O)c1ccccc1-n1nccn1. The van der Waals surface area contributed by atoms with Gasteiger partial charge in [0.2, 0.25) is 5.88 Å². The van der Waals surface area contributed by atoms with Crippen LogP contribution in [-0.4, -0.2) is 49.0 Å². The molecular formula is C25H26F3N5O2. The first-order chi connectivity index (χ1) is 16.7. The number of aromatic nitrogens is 4. The molecule has 2 fully saturated rings. The molecule has 0 unspecified atom stereocenters. The fourth-order valence-corrected chi connectivity index (χ4v) is 5.39. The van der Waals surface area contributed by atoms with Crippen molar-refractivity contribution in [1.82, 2.24) is 24.9 Å². The fourth-order valence-electron chi connectivity index (χ4n) is 5.39. The number of rotatable bonds is 6. The number of hydrogen-bond donors (Lipinski definition) is 0. The highest BCUT2D eigenvalue weighted by atomic mass is 19.4. The van der Waals surface area contributed by atoms with Gasteiger partial charge < -0.3 is 9.64 Å². The van der Waals surface area contributed by atoms with Crippen molar-refractivity contribution in [2.75, 3.05) is 0 Å². The third-order valence-corrected chi connectivity index (χ3v) is 6.82. The highest BCUT2D eigenvalue weighted by Gasteiger charge is 2.54. The maximum absolute atomic E-state index is 14.0. The van der Waals surface area contributed by atoms with Crippen LogP contribution in [0.15, 0.2) is 55.0 Å².